The van der Waals surface area contributed by atoms with Gasteiger partial charge in [-0.25, -0.2) is 4.79 Å². The first-order valence-corrected chi connectivity index (χ1v) is 7.51. The molecule has 2 rings (SSSR count). The maximum atomic E-state index is 10.9. The molecule has 5 heteroatoms. The summed E-state index contributed by atoms with van der Waals surface area (Å²) in [6.45, 7) is 11.2. The van der Waals surface area contributed by atoms with Gasteiger partial charge in [0.2, 0.25) is 0 Å². The molecule has 116 valence electrons. The van der Waals surface area contributed by atoms with Gasteiger partial charge in [0, 0.05) is 32.7 Å². The van der Waals surface area contributed by atoms with Crippen LogP contribution in [0.5, 0.6) is 5.75 Å². The van der Waals surface area contributed by atoms with Crippen LogP contribution in [0.2, 0.25) is 0 Å². The average molecular weight is 292 g/mol. The number of rotatable bonds is 6. The Morgan fingerprint density at radius 1 is 1.24 bits per heavy atom. The molecule has 0 saturated carbocycles. The lowest BCUT2D eigenvalue weighted by Crippen LogP contribution is -2.47. The van der Waals surface area contributed by atoms with Gasteiger partial charge < -0.3 is 14.7 Å². The van der Waals surface area contributed by atoms with E-state index in [1.807, 2.05) is 6.92 Å². The third-order valence-electron chi connectivity index (χ3n) is 4.00. The SMILES string of the molecule is CCN1CCN(CCOc2ccc(C(=O)O)cc2C)CC1. The van der Waals surface area contributed by atoms with E-state index in [0.29, 0.717) is 12.2 Å². The van der Waals surface area contributed by atoms with Gasteiger partial charge in [0.05, 0.1) is 5.56 Å². The van der Waals surface area contributed by atoms with Crippen LogP contribution in [0.15, 0.2) is 18.2 Å². The molecular formula is C16H24N2O3. The Labute approximate surface area is 126 Å². The number of aromatic carboxylic acids is 1. The molecule has 0 radical (unpaired) electrons. The van der Waals surface area contributed by atoms with Gasteiger partial charge >= 0.3 is 5.97 Å². The summed E-state index contributed by atoms with van der Waals surface area (Å²) in [7, 11) is 0. The number of carboxylic acids is 1. The minimum absolute atomic E-state index is 0.301. The third-order valence-corrected chi connectivity index (χ3v) is 4.00. The van der Waals surface area contributed by atoms with E-state index in [9.17, 15) is 4.79 Å². The fraction of sp³-hybridized carbons (Fsp3) is 0.562. The quantitative estimate of drug-likeness (QED) is 0.865. The smallest absolute Gasteiger partial charge is 0.335 e. The monoisotopic (exact) mass is 292 g/mol. The van der Waals surface area contributed by atoms with Crippen LogP contribution in [0.1, 0.15) is 22.8 Å². The first-order valence-electron chi connectivity index (χ1n) is 7.51. The Kier molecular flexibility index (Phi) is 5.59. The molecule has 1 aromatic rings. The predicted molar refractivity (Wildman–Crippen MR) is 82.2 cm³/mol. The van der Waals surface area contributed by atoms with Crippen LogP contribution in [0.3, 0.4) is 0 Å². The number of likely N-dealkylation sites (N-methyl/N-ethyl adjacent to an activating group) is 1. The summed E-state index contributed by atoms with van der Waals surface area (Å²) in [4.78, 5) is 15.7. The minimum Gasteiger partial charge on any atom is -0.492 e. The molecule has 0 amide bonds. The largest absolute Gasteiger partial charge is 0.492 e. The molecule has 1 aliphatic rings. The molecule has 0 bridgehead atoms. The third kappa shape index (κ3) is 4.44. The van der Waals surface area contributed by atoms with Crippen LogP contribution >= 0.6 is 0 Å². The summed E-state index contributed by atoms with van der Waals surface area (Å²) in [5.74, 6) is -0.134. The zero-order valence-electron chi connectivity index (χ0n) is 12.8. The number of aryl methyl sites for hydroxylation is 1. The van der Waals surface area contributed by atoms with Gasteiger partial charge in [-0.1, -0.05) is 6.92 Å². The highest BCUT2D eigenvalue weighted by Gasteiger charge is 2.15. The van der Waals surface area contributed by atoms with E-state index >= 15 is 0 Å². The van der Waals surface area contributed by atoms with Crippen molar-refractivity contribution < 1.29 is 14.6 Å². The summed E-state index contributed by atoms with van der Waals surface area (Å²) in [5, 5.41) is 8.94. The van der Waals surface area contributed by atoms with Gasteiger partial charge in [-0.05, 0) is 37.2 Å². The molecule has 5 nitrogen and oxygen atoms in total. The number of ether oxygens (including phenoxy) is 1. The molecule has 1 fully saturated rings. The second-order valence-electron chi connectivity index (χ2n) is 5.41. The van der Waals surface area contributed by atoms with E-state index < -0.39 is 5.97 Å². The molecule has 0 spiro atoms. The second kappa shape index (κ2) is 7.43. The average Bonchev–Trinajstić information content (AvgIpc) is 2.49. The Morgan fingerprint density at radius 2 is 1.90 bits per heavy atom. The predicted octanol–water partition coefficient (Wildman–Crippen LogP) is 1.71. The number of hydrogen-bond acceptors (Lipinski definition) is 4. The molecule has 0 aliphatic carbocycles. The van der Waals surface area contributed by atoms with Gasteiger partial charge in [0.15, 0.2) is 0 Å². The lowest BCUT2D eigenvalue weighted by atomic mass is 10.1. The normalized spacial score (nSPS) is 16.9. The number of hydrogen-bond donors (Lipinski definition) is 1. The fourth-order valence-corrected chi connectivity index (χ4v) is 2.56. The van der Waals surface area contributed by atoms with Gasteiger partial charge in [-0.3, -0.25) is 4.90 Å². The Balaban J connectivity index is 1.77. The maximum Gasteiger partial charge on any atom is 0.335 e. The van der Waals surface area contributed by atoms with Crippen LogP contribution in [-0.4, -0.2) is 66.8 Å². The lowest BCUT2D eigenvalue weighted by Gasteiger charge is -2.33. The molecular weight excluding hydrogens is 268 g/mol. The summed E-state index contributed by atoms with van der Waals surface area (Å²) >= 11 is 0. The van der Waals surface area contributed by atoms with Crippen molar-refractivity contribution in [3.63, 3.8) is 0 Å². The highest BCUT2D eigenvalue weighted by atomic mass is 16.5. The molecule has 1 aromatic carbocycles. The van der Waals surface area contributed by atoms with E-state index in [1.54, 1.807) is 18.2 Å². The van der Waals surface area contributed by atoms with E-state index in [2.05, 4.69) is 16.7 Å². The van der Waals surface area contributed by atoms with Crippen LogP contribution in [0.25, 0.3) is 0 Å². The Hall–Kier alpha value is -1.59. The maximum absolute atomic E-state index is 10.9. The first-order chi connectivity index (χ1) is 10.1. The van der Waals surface area contributed by atoms with Crippen molar-refractivity contribution in [2.75, 3.05) is 45.9 Å². The van der Waals surface area contributed by atoms with Crippen molar-refractivity contribution in [1.29, 1.82) is 0 Å². The number of nitrogens with zero attached hydrogens (tertiary/aromatic N) is 2. The summed E-state index contributed by atoms with van der Waals surface area (Å²) in [5.41, 5.74) is 1.17. The van der Waals surface area contributed by atoms with Crippen LogP contribution in [-0.2, 0) is 0 Å². The molecule has 1 heterocycles. The van der Waals surface area contributed by atoms with Crippen LogP contribution in [0.4, 0.5) is 0 Å². The van der Waals surface area contributed by atoms with E-state index in [-0.39, 0.29) is 0 Å². The Morgan fingerprint density at radius 3 is 2.48 bits per heavy atom. The van der Waals surface area contributed by atoms with Crippen molar-refractivity contribution in [3.05, 3.63) is 29.3 Å². The van der Waals surface area contributed by atoms with E-state index in [0.717, 1.165) is 50.6 Å². The molecule has 0 atom stereocenters. The number of carboxylic acid groups (broad SMARTS) is 1. The van der Waals surface area contributed by atoms with Crippen LogP contribution in [0, 0.1) is 6.92 Å². The first kappa shape index (κ1) is 15.8. The van der Waals surface area contributed by atoms with Gasteiger partial charge in [-0.15, -0.1) is 0 Å². The van der Waals surface area contributed by atoms with Crippen molar-refractivity contribution in [2.45, 2.75) is 13.8 Å². The minimum atomic E-state index is -0.904. The number of carbonyl (C=O) groups is 1. The number of piperazine rings is 1. The summed E-state index contributed by atoms with van der Waals surface area (Å²) < 4.78 is 5.78. The highest BCUT2D eigenvalue weighted by Crippen LogP contribution is 2.19. The number of benzene rings is 1. The van der Waals surface area contributed by atoms with Crippen molar-refractivity contribution in [2.24, 2.45) is 0 Å². The standard InChI is InChI=1S/C16H24N2O3/c1-3-17-6-8-18(9-7-17)10-11-21-15-5-4-14(16(19)20)12-13(15)2/h4-5,12H,3,6-11H2,1-2H3,(H,19,20). The Bertz CT molecular complexity index is 482. The van der Waals surface area contributed by atoms with Gasteiger partial charge in [-0.2, -0.15) is 0 Å². The van der Waals surface area contributed by atoms with E-state index in [1.165, 1.54) is 0 Å². The van der Waals surface area contributed by atoms with Crippen molar-refractivity contribution in [1.82, 2.24) is 9.80 Å². The molecule has 21 heavy (non-hydrogen) atoms. The van der Waals surface area contributed by atoms with Gasteiger partial charge in [0.25, 0.3) is 0 Å². The summed E-state index contributed by atoms with van der Waals surface area (Å²) in [6.07, 6.45) is 0. The molecule has 1 N–H and O–H groups in total. The molecule has 1 saturated heterocycles. The zero-order valence-corrected chi connectivity index (χ0v) is 12.8. The summed E-state index contributed by atoms with van der Waals surface area (Å²) in [6, 6.07) is 4.98. The molecule has 0 aromatic heterocycles. The topological polar surface area (TPSA) is 53.0 Å². The lowest BCUT2D eigenvalue weighted by molar-refractivity contribution is 0.0696. The second-order valence-corrected chi connectivity index (χ2v) is 5.41. The van der Waals surface area contributed by atoms with Gasteiger partial charge in [0.1, 0.15) is 12.4 Å². The fourth-order valence-electron chi connectivity index (χ4n) is 2.56. The van der Waals surface area contributed by atoms with E-state index in [4.69, 9.17) is 9.84 Å². The highest BCUT2D eigenvalue weighted by molar-refractivity contribution is 5.88. The molecule has 1 aliphatic heterocycles. The van der Waals surface area contributed by atoms with Crippen LogP contribution < -0.4 is 4.74 Å². The van der Waals surface area contributed by atoms with Crippen molar-refractivity contribution >= 4 is 5.97 Å². The van der Waals surface area contributed by atoms with Crippen molar-refractivity contribution in [3.8, 4) is 5.75 Å². The zero-order chi connectivity index (χ0) is 15.2. The molecule has 0 unspecified atom stereocenters.